The first-order valence-corrected chi connectivity index (χ1v) is 6.01. The summed E-state index contributed by atoms with van der Waals surface area (Å²) in [5.74, 6) is 1.05. The molecule has 0 spiro atoms. The van der Waals surface area contributed by atoms with Crippen molar-refractivity contribution < 1.29 is 9.63 Å². The van der Waals surface area contributed by atoms with Gasteiger partial charge >= 0.3 is 0 Å². The van der Waals surface area contributed by atoms with Crippen LogP contribution in [0, 0.1) is 5.92 Å². The van der Waals surface area contributed by atoms with Gasteiger partial charge in [0.15, 0.2) is 0 Å². The van der Waals surface area contributed by atoms with E-state index in [-0.39, 0.29) is 11.8 Å². The summed E-state index contributed by atoms with van der Waals surface area (Å²) in [5, 5.41) is 13.7. The molecule has 0 saturated carbocycles. The zero-order chi connectivity index (χ0) is 13.1. The molecular weight excluding hydrogens is 230 g/mol. The summed E-state index contributed by atoms with van der Waals surface area (Å²) >= 11 is 0. The monoisotopic (exact) mass is 247 g/mol. The summed E-state index contributed by atoms with van der Waals surface area (Å²) in [6.07, 6.45) is 2.85. The highest BCUT2D eigenvalue weighted by atomic mass is 16.5. The Labute approximate surface area is 106 Å². The van der Waals surface area contributed by atoms with E-state index in [4.69, 9.17) is 4.52 Å². The lowest BCUT2D eigenvalue weighted by atomic mass is 9.91. The molecule has 5 nitrogen and oxygen atoms in total. The third-order valence-electron chi connectivity index (χ3n) is 2.88. The van der Waals surface area contributed by atoms with Crippen molar-refractivity contribution in [3.63, 3.8) is 0 Å². The smallest absolute Gasteiger partial charge is 0.232 e. The molecule has 96 valence electrons. The van der Waals surface area contributed by atoms with Gasteiger partial charge in [0.05, 0.1) is 12.0 Å². The van der Waals surface area contributed by atoms with Crippen LogP contribution in [0.5, 0.6) is 0 Å². The van der Waals surface area contributed by atoms with Crippen LogP contribution in [0.25, 0.3) is 11.4 Å². The first-order chi connectivity index (χ1) is 8.59. The summed E-state index contributed by atoms with van der Waals surface area (Å²) in [6, 6.07) is 3.69. The molecule has 5 heteroatoms. The fourth-order valence-corrected chi connectivity index (χ4v) is 2.03. The lowest BCUT2D eigenvalue weighted by molar-refractivity contribution is 0.120. The fraction of sp³-hybridized carbons (Fsp3) is 0.462. The molecule has 2 rings (SSSR count). The Balaban J connectivity index is 2.30. The van der Waals surface area contributed by atoms with Gasteiger partial charge in [-0.2, -0.15) is 4.98 Å². The summed E-state index contributed by atoms with van der Waals surface area (Å²) in [6.45, 7) is 5.77. The first kappa shape index (κ1) is 12.7. The maximum atomic E-state index is 9.78. The average Bonchev–Trinajstić information content (AvgIpc) is 2.78. The minimum atomic E-state index is -0.521. The Morgan fingerprint density at radius 2 is 2.06 bits per heavy atom. The molecule has 0 aromatic carbocycles. The Kier molecular flexibility index (Phi) is 3.72. The summed E-state index contributed by atoms with van der Waals surface area (Å²) < 4.78 is 5.25. The summed E-state index contributed by atoms with van der Waals surface area (Å²) in [7, 11) is 0. The van der Waals surface area contributed by atoms with Gasteiger partial charge in [-0.3, -0.25) is 4.98 Å². The minimum Gasteiger partial charge on any atom is -0.393 e. The number of hydrogen-bond donors (Lipinski definition) is 1. The lowest BCUT2D eigenvalue weighted by Gasteiger charge is -2.19. The maximum Gasteiger partial charge on any atom is 0.232 e. The van der Waals surface area contributed by atoms with Gasteiger partial charge in [-0.05, 0) is 25.0 Å². The lowest BCUT2D eigenvalue weighted by Crippen LogP contribution is -2.20. The van der Waals surface area contributed by atoms with Crippen LogP contribution >= 0.6 is 0 Å². The third kappa shape index (κ3) is 2.56. The van der Waals surface area contributed by atoms with Crippen molar-refractivity contribution in [1.29, 1.82) is 0 Å². The number of nitrogens with zero attached hydrogens (tertiary/aromatic N) is 3. The van der Waals surface area contributed by atoms with Crippen molar-refractivity contribution in [2.24, 2.45) is 5.92 Å². The molecule has 2 unspecified atom stereocenters. The summed E-state index contributed by atoms with van der Waals surface area (Å²) in [4.78, 5) is 8.36. The molecule has 0 saturated heterocycles. The van der Waals surface area contributed by atoms with Gasteiger partial charge in [-0.15, -0.1) is 0 Å². The van der Waals surface area contributed by atoms with Gasteiger partial charge in [0.1, 0.15) is 0 Å². The highest BCUT2D eigenvalue weighted by Gasteiger charge is 2.27. The number of aliphatic hydroxyl groups is 1. The topological polar surface area (TPSA) is 72.0 Å². The number of aromatic nitrogens is 3. The number of hydrogen-bond acceptors (Lipinski definition) is 5. The molecular formula is C13H17N3O2. The fourth-order valence-electron chi connectivity index (χ4n) is 2.03. The van der Waals surface area contributed by atoms with Crippen LogP contribution in [0.3, 0.4) is 0 Å². The molecule has 0 bridgehead atoms. The maximum absolute atomic E-state index is 9.78. The quantitative estimate of drug-likeness (QED) is 0.897. The van der Waals surface area contributed by atoms with Crippen LogP contribution in [0.15, 0.2) is 29.0 Å². The molecule has 2 aromatic heterocycles. The van der Waals surface area contributed by atoms with Crippen molar-refractivity contribution in [1.82, 2.24) is 15.1 Å². The van der Waals surface area contributed by atoms with E-state index < -0.39 is 6.10 Å². The van der Waals surface area contributed by atoms with Crippen LogP contribution in [-0.2, 0) is 0 Å². The summed E-state index contributed by atoms with van der Waals surface area (Å²) in [5.41, 5.74) is 0.806. The van der Waals surface area contributed by atoms with Gasteiger partial charge in [0, 0.05) is 18.0 Å². The molecule has 18 heavy (non-hydrogen) atoms. The van der Waals surface area contributed by atoms with Crippen LogP contribution in [0.4, 0.5) is 0 Å². The van der Waals surface area contributed by atoms with Crippen molar-refractivity contribution in [3.05, 3.63) is 30.4 Å². The van der Waals surface area contributed by atoms with Crippen LogP contribution in [0.1, 0.15) is 32.6 Å². The van der Waals surface area contributed by atoms with E-state index in [1.807, 2.05) is 26.0 Å². The molecule has 0 amide bonds. The van der Waals surface area contributed by atoms with E-state index >= 15 is 0 Å². The van der Waals surface area contributed by atoms with E-state index in [1.165, 1.54) is 0 Å². The highest BCUT2D eigenvalue weighted by Crippen LogP contribution is 2.28. The molecule has 0 aliphatic carbocycles. The van der Waals surface area contributed by atoms with Gasteiger partial charge in [-0.1, -0.05) is 19.0 Å². The largest absolute Gasteiger partial charge is 0.393 e. The SMILES string of the molecule is CC(C)C(c1nc(-c2cccnc2)no1)C(C)O. The molecule has 0 fully saturated rings. The van der Waals surface area contributed by atoms with Crippen LogP contribution < -0.4 is 0 Å². The molecule has 0 aliphatic rings. The van der Waals surface area contributed by atoms with Crippen molar-refractivity contribution in [2.45, 2.75) is 32.8 Å². The minimum absolute atomic E-state index is 0.150. The predicted octanol–water partition coefficient (Wildman–Crippen LogP) is 2.25. The number of pyridine rings is 1. The first-order valence-electron chi connectivity index (χ1n) is 6.01. The zero-order valence-corrected chi connectivity index (χ0v) is 10.7. The number of aliphatic hydroxyl groups excluding tert-OH is 1. The van der Waals surface area contributed by atoms with E-state index in [9.17, 15) is 5.11 Å². The van der Waals surface area contributed by atoms with Crippen molar-refractivity contribution >= 4 is 0 Å². The van der Waals surface area contributed by atoms with Crippen LogP contribution in [0.2, 0.25) is 0 Å². The Morgan fingerprint density at radius 3 is 2.61 bits per heavy atom. The molecule has 0 aliphatic heterocycles. The van der Waals surface area contributed by atoms with Crippen molar-refractivity contribution in [2.75, 3.05) is 0 Å². The Morgan fingerprint density at radius 1 is 1.28 bits per heavy atom. The molecule has 0 radical (unpaired) electrons. The average molecular weight is 247 g/mol. The Bertz CT molecular complexity index is 486. The molecule has 2 aromatic rings. The van der Waals surface area contributed by atoms with Gasteiger partial charge < -0.3 is 9.63 Å². The second-order valence-electron chi connectivity index (χ2n) is 4.71. The second-order valence-corrected chi connectivity index (χ2v) is 4.71. The van der Waals surface area contributed by atoms with Crippen LogP contribution in [-0.4, -0.2) is 26.3 Å². The molecule has 1 N–H and O–H groups in total. The second kappa shape index (κ2) is 5.27. The third-order valence-corrected chi connectivity index (χ3v) is 2.88. The Hall–Kier alpha value is -1.75. The van der Waals surface area contributed by atoms with E-state index in [0.29, 0.717) is 11.7 Å². The molecule has 2 heterocycles. The zero-order valence-electron chi connectivity index (χ0n) is 10.7. The van der Waals surface area contributed by atoms with E-state index in [0.717, 1.165) is 5.56 Å². The standard InChI is InChI=1S/C13H17N3O2/c1-8(2)11(9(3)17)13-15-12(16-18-13)10-5-4-6-14-7-10/h4-9,11,17H,1-3H3. The highest BCUT2D eigenvalue weighted by molar-refractivity contribution is 5.51. The normalized spacial score (nSPS) is 14.7. The number of rotatable bonds is 4. The predicted molar refractivity (Wildman–Crippen MR) is 66.8 cm³/mol. The van der Waals surface area contributed by atoms with Gasteiger partial charge in [-0.25, -0.2) is 0 Å². The molecule has 2 atom stereocenters. The van der Waals surface area contributed by atoms with Crippen molar-refractivity contribution in [3.8, 4) is 11.4 Å². The van der Waals surface area contributed by atoms with Gasteiger partial charge in [0.2, 0.25) is 11.7 Å². The van der Waals surface area contributed by atoms with E-state index in [2.05, 4.69) is 15.1 Å². The van der Waals surface area contributed by atoms with Gasteiger partial charge in [0.25, 0.3) is 0 Å². The van der Waals surface area contributed by atoms with E-state index in [1.54, 1.807) is 19.3 Å².